The number of aliphatic carboxylic acids is 1. The quantitative estimate of drug-likeness (QED) is 0.875. The maximum absolute atomic E-state index is 12.3. The average Bonchev–Trinajstić information content (AvgIpc) is 2.91. The molecule has 0 aliphatic heterocycles. The van der Waals surface area contributed by atoms with Gasteiger partial charge in [0.15, 0.2) is 0 Å². The van der Waals surface area contributed by atoms with Crippen LogP contribution in [0.15, 0.2) is 42.6 Å². The molecular formula is C15H17N3O3. The molecule has 2 unspecified atom stereocenters. The second-order valence-corrected chi connectivity index (χ2v) is 4.83. The molecular weight excluding hydrogens is 270 g/mol. The van der Waals surface area contributed by atoms with E-state index in [1.54, 1.807) is 32.2 Å². The summed E-state index contributed by atoms with van der Waals surface area (Å²) in [4.78, 5) is 23.6. The summed E-state index contributed by atoms with van der Waals surface area (Å²) >= 11 is 0. The molecule has 0 aliphatic carbocycles. The van der Waals surface area contributed by atoms with Crippen LogP contribution < -0.4 is 5.32 Å². The lowest BCUT2D eigenvalue weighted by Gasteiger charge is -2.22. The van der Waals surface area contributed by atoms with E-state index in [9.17, 15) is 14.7 Å². The Bertz CT molecular complexity index is 637. The van der Waals surface area contributed by atoms with Crippen molar-refractivity contribution in [3.63, 3.8) is 0 Å². The Hall–Kier alpha value is -2.63. The fourth-order valence-electron chi connectivity index (χ4n) is 2.11. The number of carboxylic acid groups (broad SMARTS) is 1. The van der Waals surface area contributed by atoms with Crippen molar-refractivity contribution in [3.8, 4) is 0 Å². The predicted octanol–water partition coefficient (Wildman–Crippen LogP) is 1.61. The lowest BCUT2D eigenvalue weighted by Crippen LogP contribution is -2.36. The van der Waals surface area contributed by atoms with Crippen LogP contribution in [0.2, 0.25) is 0 Å². The van der Waals surface area contributed by atoms with E-state index in [1.165, 1.54) is 10.9 Å². The van der Waals surface area contributed by atoms with Crippen LogP contribution in [0, 0.1) is 5.92 Å². The van der Waals surface area contributed by atoms with Gasteiger partial charge in [-0.2, -0.15) is 5.10 Å². The number of amides is 1. The van der Waals surface area contributed by atoms with Crippen LogP contribution in [0.3, 0.4) is 0 Å². The third-order valence-corrected chi connectivity index (χ3v) is 3.39. The summed E-state index contributed by atoms with van der Waals surface area (Å²) in [6.07, 6.45) is 1.52. The topological polar surface area (TPSA) is 84.2 Å². The number of carbonyl (C=O) groups is 2. The van der Waals surface area contributed by atoms with Crippen LogP contribution in [0.5, 0.6) is 0 Å². The zero-order valence-electron chi connectivity index (χ0n) is 11.9. The van der Waals surface area contributed by atoms with E-state index in [1.807, 2.05) is 18.2 Å². The molecule has 2 rings (SSSR count). The fraction of sp³-hybridized carbons (Fsp3) is 0.267. The van der Waals surface area contributed by atoms with E-state index in [2.05, 4.69) is 10.4 Å². The lowest BCUT2D eigenvalue weighted by atomic mass is 9.94. The highest BCUT2D eigenvalue weighted by molar-refractivity contribution is 5.93. The number of hydrogen-bond donors (Lipinski definition) is 2. The van der Waals surface area contributed by atoms with E-state index in [0.29, 0.717) is 5.69 Å². The van der Waals surface area contributed by atoms with Crippen molar-refractivity contribution in [2.24, 2.45) is 13.0 Å². The highest BCUT2D eigenvalue weighted by Gasteiger charge is 2.27. The van der Waals surface area contributed by atoms with Crippen molar-refractivity contribution in [1.82, 2.24) is 15.1 Å². The third-order valence-electron chi connectivity index (χ3n) is 3.39. The second-order valence-electron chi connectivity index (χ2n) is 4.83. The summed E-state index contributed by atoms with van der Waals surface area (Å²) in [5.41, 5.74) is 1.14. The smallest absolute Gasteiger partial charge is 0.308 e. The van der Waals surface area contributed by atoms with E-state index in [0.717, 1.165) is 5.56 Å². The summed E-state index contributed by atoms with van der Waals surface area (Å²) in [6.45, 7) is 1.57. The zero-order valence-corrected chi connectivity index (χ0v) is 11.9. The van der Waals surface area contributed by atoms with E-state index >= 15 is 0 Å². The van der Waals surface area contributed by atoms with Gasteiger partial charge in [0.05, 0.1) is 12.0 Å². The summed E-state index contributed by atoms with van der Waals surface area (Å²) in [7, 11) is 1.66. The molecule has 0 aliphatic rings. The Balaban J connectivity index is 2.27. The van der Waals surface area contributed by atoms with Crippen molar-refractivity contribution in [2.75, 3.05) is 0 Å². The monoisotopic (exact) mass is 287 g/mol. The van der Waals surface area contributed by atoms with Crippen LogP contribution in [-0.4, -0.2) is 26.8 Å². The van der Waals surface area contributed by atoms with Crippen LogP contribution in [0.4, 0.5) is 0 Å². The molecule has 0 radical (unpaired) electrons. The highest BCUT2D eigenvalue weighted by Crippen LogP contribution is 2.22. The first-order valence-electron chi connectivity index (χ1n) is 6.57. The molecule has 6 nitrogen and oxygen atoms in total. The molecule has 21 heavy (non-hydrogen) atoms. The average molecular weight is 287 g/mol. The van der Waals surface area contributed by atoms with Crippen LogP contribution in [0.25, 0.3) is 0 Å². The minimum absolute atomic E-state index is 0.350. The molecule has 110 valence electrons. The molecule has 0 spiro atoms. The van der Waals surface area contributed by atoms with Gasteiger partial charge >= 0.3 is 5.97 Å². The maximum Gasteiger partial charge on any atom is 0.308 e. The van der Waals surface area contributed by atoms with Crippen molar-refractivity contribution in [2.45, 2.75) is 13.0 Å². The Morgan fingerprint density at radius 3 is 2.43 bits per heavy atom. The molecule has 1 aromatic carbocycles. The molecule has 0 bridgehead atoms. The zero-order chi connectivity index (χ0) is 15.4. The first kappa shape index (κ1) is 14.8. The lowest BCUT2D eigenvalue weighted by molar-refractivity contribution is -0.142. The number of aryl methyl sites for hydroxylation is 1. The number of nitrogens with one attached hydrogen (secondary N) is 1. The second kappa shape index (κ2) is 6.21. The van der Waals surface area contributed by atoms with Crippen LogP contribution >= 0.6 is 0 Å². The van der Waals surface area contributed by atoms with E-state index in [4.69, 9.17) is 0 Å². The Labute approximate surface area is 122 Å². The third kappa shape index (κ3) is 3.28. The largest absolute Gasteiger partial charge is 0.481 e. The summed E-state index contributed by atoms with van der Waals surface area (Å²) in [6, 6.07) is 10.0. The number of aromatic nitrogens is 2. The first-order chi connectivity index (χ1) is 10.0. The molecule has 1 heterocycles. The van der Waals surface area contributed by atoms with Gasteiger partial charge in [0.2, 0.25) is 0 Å². The number of carbonyl (C=O) groups excluding carboxylic acids is 1. The summed E-state index contributed by atoms with van der Waals surface area (Å²) < 4.78 is 1.45. The molecule has 2 atom stereocenters. The fourth-order valence-corrected chi connectivity index (χ4v) is 2.11. The van der Waals surface area contributed by atoms with Gasteiger partial charge in [-0.05, 0) is 18.6 Å². The standard InChI is InChI=1S/C15H17N3O3/c1-10(15(20)21)13(11-6-4-3-5-7-11)17-14(19)12-8-9-16-18(12)2/h3-10,13H,1-2H3,(H,17,19)(H,20,21). The van der Waals surface area contributed by atoms with Gasteiger partial charge in [-0.3, -0.25) is 14.3 Å². The highest BCUT2D eigenvalue weighted by atomic mass is 16.4. The van der Waals surface area contributed by atoms with Gasteiger partial charge in [0, 0.05) is 13.2 Å². The molecule has 1 aromatic heterocycles. The van der Waals surface area contributed by atoms with Gasteiger partial charge in [0.1, 0.15) is 5.69 Å². The Kier molecular flexibility index (Phi) is 4.37. The molecule has 0 fully saturated rings. The Morgan fingerprint density at radius 2 is 1.90 bits per heavy atom. The molecule has 1 amide bonds. The maximum atomic E-state index is 12.3. The number of benzene rings is 1. The van der Waals surface area contributed by atoms with E-state index in [-0.39, 0.29) is 5.91 Å². The number of rotatable bonds is 5. The first-order valence-corrected chi connectivity index (χ1v) is 6.57. The van der Waals surface area contributed by atoms with Crippen LogP contribution in [0.1, 0.15) is 29.0 Å². The molecule has 6 heteroatoms. The van der Waals surface area contributed by atoms with Crippen LogP contribution in [-0.2, 0) is 11.8 Å². The van der Waals surface area contributed by atoms with Gasteiger partial charge < -0.3 is 10.4 Å². The SMILES string of the molecule is CC(C(=O)O)C(NC(=O)c1ccnn1C)c1ccccc1. The van der Waals surface area contributed by atoms with Gasteiger partial charge in [-0.15, -0.1) is 0 Å². The molecule has 2 aromatic rings. The molecule has 0 saturated heterocycles. The minimum atomic E-state index is -0.964. The van der Waals surface area contributed by atoms with Gasteiger partial charge in [0.25, 0.3) is 5.91 Å². The minimum Gasteiger partial charge on any atom is -0.481 e. The van der Waals surface area contributed by atoms with Gasteiger partial charge in [-0.25, -0.2) is 0 Å². The number of carboxylic acids is 1. The van der Waals surface area contributed by atoms with Gasteiger partial charge in [-0.1, -0.05) is 30.3 Å². The number of hydrogen-bond acceptors (Lipinski definition) is 3. The summed E-state index contributed by atoms with van der Waals surface area (Å²) in [5, 5.41) is 16.0. The van der Waals surface area contributed by atoms with Crippen molar-refractivity contribution >= 4 is 11.9 Å². The van der Waals surface area contributed by atoms with Crippen molar-refractivity contribution in [3.05, 3.63) is 53.9 Å². The summed E-state index contributed by atoms with van der Waals surface area (Å²) in [5.74, 6) is -2.06. The van der Waals surface area contributed by atoms with E-state index < -0.39 is 17.9 Å². The molecule has 0 saturated carbocycles. The predicted molar refractivity (Wildman–Crippen MR) is 76.7 cm³/mol. The Morgan fingerprint density at radius 1 is 1.24 bits per heavy atom. The van der Waals surface area contributed by atoms with Crippen molar-refractivity contribution < 1.29 is 14.7 Å². The number of nitrogens with zero attached hydrogens (tertiary/aromatic N) is 2. The van der Waals surface area contributed by atoms with Crippen molar-refractivity contribution in [1.29, 1.82) is 0 Å². The molecule has 2 N–H and O–H groups in total. The normalized spacial score (nSPS) is 13.4.